The van der Waals surface area contributed by atoms with E-state index in [2.05, 4.69) is 5.32 Å². The molecular formula is C26H30N2O6. The molecule has 1 saturated heterocycles. The van der Waals surface area contributed by atoms with Crippen LogP contribution in [0.3, 0.4) is 0 Å². The van der Waals surface area contributed by atoms with Gasteiger partial charge in [0.1, 0.15) is 23.4 Å². The maximum Gasteiger partial charge on any atom is 0.254 e. The maximum atomic E-state index is 13.2. The van der Waals surface area contributed by atoms with Gasteiger partial charge in [0.25, 0.3) is 11.8 Å². The second-order valence-electron chi connectivity index (χ2n) is 8.21. The molecule has 0 bridgehead atoms. The van der Waals surface area contributed by atoms with Crippen molar-refractivity contribution in [2.75, 3.05) is 46.3 Å². The zero-order valence-electron chi connectivity index (χ0n) is 19.8. The molecule has 8 nitrogen and oxygen atoms in total. The highest BCUT2D eigenvalue weighted by Crippen LogP contribution is 2.41. The van der Waals surface area contributed by atoms with Crippen molar-refractivity contribution in [3.63, 3.8) is 0 Å². The van der Waals surface area contributed by atoms with E-state index in [-0.39, 0.29) is 11.8 Å². The molecule has 0 saturated carbocycles. The molecule has 1 atom stereocenters. The Labute approximate surface area is 199 Å². The van der Waals surface area contributed by atoms with Crippen LogP contribution in [-0.4, -0.2) is 63.8 Å². The highest BCUT2D eigenvalue weighted by atomic mass is 16.5. The Morgan fingerprint density at radius 2 is 1.82 bits per heavy atom. The average molecular weight is 467 g/mol. The molecule has 2 heterocycles. The molecule has 0 radical (unpaired) electrons. The number of amides is 2. The summed E-state index contributed by atoms with van der Waals surface area (Å²) in [6.07, 6.45) is 3.86. The summed E-state index contributed by atoms with van der Waals surface area (Å²) in [6.45, 7) is 1.61. The summed E-state index contributed by atoms with van der Waals surface area (Å²) in [6, 6.07) is 10.7. The third-order valence-corrected chi connectivity index (χ3v) is 6.13. The number of benzene rings is 2. The van der Waals surface area contributed by atoms with Gasteiger partial charge in [-0.25, -0.2) is 0 Å². The van der Waals surface area contributed by atoms with Gasteiger partial charge in [-0.2, -0.15) is 0 Å². The second-order valence-corrected chi connectivity index (χ2v) is 8.21. The average Bonchev–Trinajstić information content (AvgIpc) is 3.43. The molecule has 1 fully saturated rings. The lowest BCUT2D eigenvalue weighted by molar-refractivity contribution is -0.124. The Balaban J connectivity index is 1.48. The lowest BCUT2D eigenvalue weighted by Crippen LogP contribution is -2.34. The van der Waals surface area contributed by atoms with Crippen molar-refractivity contribution < 1.29 is 28.5 Å². The third kappa shape index (κ3) is 5.02. The minimum atomic E-state index is -0.419. The Bertz CT molecular complexity index is 1070. The van der Waals surface area contributed by atoms with E-state index >= 15 is 0 Å². The summed E-state index contributed by atoms with van der Waals surface area (Å²) in [4.78, 5) is 27.3. The summed E-state index contributed by atoms with van der Waals surface area (Å²) < 4.78 is 21.9. The molecule has 2 amide bonds. The summed E-state index contributed by atoms with van der Waals surface area (Å²) in [7, 11) is 4.82. The van der Waals surface area contributed by atoms with Gasteiger partial charge in [-0.15, -0.1) is 0 Å². The number of ether oxygens (including phenoxy) is 4. The first-order valence-corrected chi connectivity index (χ1v) is 11.3. The number of rotatable bonds is 7. The Hall–Kier alpha value is -3.52. The fraction of sp³-hybridized carbons (Fsp3) is 0.385. The smallest absolute Gasteiger partial charge is 0.254 e. The topological polar surface area (TPSA) is 86.3 Å². The Kier molecular flexibility index (Phi) is 7.37. The summed E-state index contributed by atoms with van der Waals surface area (Å²) in [5.74, 6) is 1.72. The molecule has 8 heteroatoms. The van der Waals surface area contributed by atoms with E-state index in [0.29, 0.717) is 54.6 Å². The fourth-order valence-electron chi connectivity index (χ4n) is 4.32. The molecule has 0 spiro atoms. The zero-order chi connectivity index (χ0) is 24.1. The Morgan fingerprint density at radius 3 is 2.41 bits per heavy atom. The van der Waals surface area contributed by atoms with Crippen LogP contribution in [0.25, 0.3) is 5.57 Å². The van der Waals surface area contributed by atoms with Crippen molar-refractivity contribution in [3.8, 4) is 17.2 Å². The number of hydrogen-bond acceptors (Lipinski definition) is 6. The zero-order valence-corrected chi connectivity index (χ0v) is 19.8. The van der Waals surface area contributed by atoms with Crippen LogP contribution < -0.4 is 19.5 Å². The molecule has 1 unspecified atom stereocenters. The fourth-order valence-corrected chi connectivity index (χ4v) is 4.32. The van der Waals surface area contributed by atoms with E-state index in [1.54, 1.807) is 50.5 Å². The lowest BCUT2D eigenvalue weighted by atomic mass is 9.96. The highest BCUT2D eigenvalue weighted by molar-refractivity contribution is 5.98. The van der Waals surface area contributed by atoms with Gasteiger partial charge in [0.15, 0.2) is 0 Å². The van der Waals surface area contributed by atoms with Crippen LogP contribution in [0.4, 0.5) is 5.69 Å². The van der Waals surface area contributed by atoms with Gasteiger partial charge in [0.2, 0.25) is 0 Å². The van der Waals surface area contributed by atoms with E-state index in [1.165, 1.54) is 0 Å². The molecule has 2 aromatic carbocycles. The van der Waals surface area contributed by atoms with E-state index in [4.69, 9.17) is 18.9 Å². The van der Waals surface area contributed by atoms with Crippen LogP contribution in [0.2, 0.25) is 0 Å². The second kappa shape index (κ2) is 10.6. The van der Waals surface area contributed by atoms with Gasteiger partial charge in [-0.3, -0.25) is 9.59 Å². The normalized spacial score (nSPS) is 17.7. The van der Waals surface area contributed by atoms with Crippen LogP contribution in [0.5, 0.6) is 17.2 Å². The number of nitrogens with one attached hydrogen (secondary N) is 1. The largest absolute Gasteiger partial charge is 0.496 e. The van der Waals surface area contributed by atoms with E-state index < -0.39 is 6.10 Å². The molecule has 2 aromatic rings. The minimum absolute atomic E-state index is 0.0859. The molecule has 0 aromatic heterocycles. The van der Waals surface area contributed by atoms with E-state index in [0.717, 1.165) is 24.0 Å². The third-order valence-electron chi connectivity index (χ3n) is 6.13. The molecule has 2 aliphatic rings. The first kappa shape index (κ1) is 23.6. The molecule has 180 valence electrons. The lowest BCUT2D eigenvalue weighted by Gasteiger charge is -2.28. The maximum absolute atomic E-state index is 13.2. The Morgan fingerprint density at radius 1 is 1.06 bits per heavy atom. The summed E-state index contributed by atoms with van der Waals surface area (Å²) in [5, 5.41) is 2.86. The summed E-state index contributed by atoms with van der Waals surface area (Å²) >= 11 is 0. The molecule has 34 heavy (non-hydrogen) atoms. The number of methoxy groups -OCH3 is 3. The first-order valence-electron chi connectivity index (χ1n) is 11.3. The van der Waals surface area contributed by atoms with Crippen molar-refractivity contribution in [3.05, 3.63) is 53.6 Å². The molecular weight excluding hydrogens is 436 g/mol. The van der Waals surface area contributed by atoms with Crippen molar-refractivity contribution in [2.24, 2.45) is 0 Å². The monoisotopic (exact) mass is 466 g/mol. The van der Waals surface area contributed by atoms with Crippen molar-refractivity contribution in [1.29, 1.82) is 0 Å². The number of hydrogen-bond donors (Lipinski definition) is 1. The van der Waals surface area contributed by atoms with Crippen LogP contribution in [0, 0.1) is 0 Å². The SMILES string of the molecule is COc1cc(OC)c(C2=CCN(C(=O)c3cccc(NC(=O)C4CCCO4)c3)CC2)c(OC)c1. The number of anilines is 1. The molecule has 4 rings (SSSR count). The van der Waals surface area contributed by atoms with Gasteiger partial charge in [-0.1, -0.05) is 12.1 Å². The van der Waals surface area contributed by atoms with Gasteiger partial charge in [0.05, 0.1) is 26.9 Å². The van der Waals surface area contributed by atoms with Gasteiger partial charge in [0, 0.05) is 43.1 Å². The quantitative estimate of drug-likeness (QED) is 0.669. The van der Waals surface area contributed by atoms with Crippen LogP contribution in [0.15, 0.2) is 42.5 Å². The van der Waals surface area contributed by atoms with Crippen LogP contribution in [0.1, 0.15) is 35.2 Å². The van der Waals surface area contributed by atoms with Crippen molar-refractivity contribution in [2.45, 2.75) is 25.4 Å². The van der Waals surface area contributed by atoms with E-state index in [1.807, 2.05) is 18.2 Å². The molecule has 0 aliphatic carbocycles. The van der Waals surface area contributed by atoms with Gasteiger partial charge < -0.3 is 29.2 Å². The van der Waals surface area contributed by atoms with E-state index in [9.17, 15) is 9.59 Å². The number of carbonyl (C=O) groups excluding carboxylic acids is 2. The predicted molar refractivity (Wildman–Crippen MR) is 129 cm³/mol. The summed E-state index contributed by atoms with van der Waals surface area (Å²) in [5.41, 5.74) is 3.05. The van der Waals surface area contributed by atoms with Crippen molar-refractivity contribution >= 4 is 23.1 Å². The van der Waals surface area contributed by atoms with Gasteiger partial charge >= 0.3 is 0 Å². The van der Waals surface area contributed by atoms with Gasteiger partial charge in [-0.05, 0) is 43.0 Å². The number of carbonyl (C=O) groups is 2. The predicted octanol–water partition coefficient (Wildman–Crippen LogP) is 3.76. The van der Waals surface area contributed by atoms with Crippen LogP contribution in [-0.2, 0) is 9.53 Å². The van der Waals surface area contributed by atoms with Crippen LogP contribution >= 0.6 is 0 Å². The first-order chi connectivity index (χ1) is 16.5. The minimum Gasteiger partial charge on any atom is -0.496 e. The number of nitrogens with zero attached hydrogens (tertiary/aromatic N) is 1. The van der Waals surface area contributed by atoms with Crippen molar-refractivity contribution in [1.82, 2.24) is 4.90 Å². The molecule has 2 aliphatic heterocycles. The standard InChI is InChI=1S/C26H30N2O6/c1-31-20-15-22(32-2)24(23(16-20)33-3)17-9-11-28(12-10-17)26(30)18-6-4-7-19(14-18)27-25(29)21-8-5-13-34-21/h4,6-7,9,14-16,21H,5,8,10-13H2,1-3H3,(H,27,29). The molecule has 1 N–H and O–H groups in total. The highest BCUT2D eigenvalue weighted by Gasteiger charge is 2.25.